The zero-order valence-electron chi connectivity index (χ0n) is 18.0. The first-order valence-electron chi connectivity index (χ1n) is 10.1. The number of benzene rings is 2. The number of hydrogen-bond donors (Lipinski definition) is 3. The Morgan fingerprint density at radius 2 is 1.91 bits per heavy atom. The molecule has 3 aromatic rings. The van der Waals surface area contributed by atoms with E-state index in [9.17, 15) is 14.3 Å². The number of carbonyl (C=O) groups is 1. The minimum Gasteiger partial charge on any atom is -0.497 e. The van der Waals surface area contributed by atoms with Crippen LogP contribution in [-0.4, -0.2) is 34.2 Å². The van der Waals surface area contributed by atoms with Gasteiger partial charge in [-0.15, -0.1) is 0 Å². The summed E-state index contributed by atoms with van der Waals surface area (Å²) in [6.45, 7) is 3.90. The highest BCUT2D eigenvalue weighted by molar-refractivity contribution is 7.99. The van der Waals surface area contributed by atoms with E-state index in [1.54, 1.807) is 25.3 Å². The smallest absolute Gasteiger partial charge is 0.326 e. The van der Waals surface area contributed by atoms with Crippen LogP contribution in [0.1, 0.15) is 20.3 Å². The molecule has 0 radical (unpaired) electrons. The molecule has 0 spiro atoms. The maximum absolute atomic E-state index is 13.6. The van der Waals surface area contributed by atoms with Crippen LogP contribution >= 0.6 is 11.8 Å². The standard InChI is InChI=1S/C23H25FN4O3S/c1-14(2)11-19(22(29)30)26-23-27-20(25-16-6-4-5-15(24)12-16)13-21(28-23)32-18-9-7-17(31-3)8-10-18/h4-10,12-14,19H,11H2,1-3H3,(H,29,30)(H2,25,26,27,28)/t19-/m0/s1. The van der Waals surface area contributed by atoms with Gasteiger partial charge in [0.15, 0.2) is 0 Å². The molecule has 1 atom stereocenters. The van der Waals surface area contributed by atoms with Crippen molar-refractivity contribution in [3.63, 3.8) is 0 Å². The van der Waals surface area contributed by atoms with Crippen molar-refractivity contribution in [3.05, 3.63) is 60.4 Å². The summed E-state index contributed by atoms with van der Waals surface area (Å²) in [7, 11) is 1.60. The molecule has 1 heterocycles. The number of aromatic nitrogens is 2. The molecule has 0 saturated carbocycles. The van der Waals surface area contributed by atoms with Gasteiger partial charge in [0.2, 0.25) is 5.95 Å². The Labute approximate surface area is 190 Å². The lowest BCUT2D eigenvalue weighted by atomic mass is 10.0. The predicted molar refractivity (Wildman–Crippen MR) is 123 cm³/mol. The first-order valence-corrected chi connectivity index (χ1v) is 10.9. The number of halogens is 1. The van der Waals surface area contributed by atoms with E-state index in [1.165, 1.54) is 23.9 Å². The maximum Gasteiger partial charge on any atom is 0.326 e. The number of rotatable bonds is 10. The van der Waals surface area contributed by atoms with E-state index in [1.807, 2.05) is 38.1 Å². The van der Waals surface area contributed by atoms with Gasteiger partial charge >= 0.3 is 5.97 Å². The molecule has 0 aliphatic carbocycles. The number of anilines is 3. The summed E-state index contributed by atoms with van der Waals surface area (Å²) in [5, 5.41) is 16.2. The molecule has 1 aromatic heterocycles. The number of methoxy groups -OCH3 is 1. The molecule has 0 aliphatic heterocycles. The molecule has 168 valence electrons. The Morgan fingerprint density at radius 1 is 1.16 bits per heavy atom. The van der Waals surface area contributed by atoms with Crippen LogP contribution in [0.4, 0.5) is 21.8 Å². The van der Waals surface area contributed by atoms with Crippen LogP contribution in [0.3, 0.4) is 0 Å². The van der Waals surface area contributed by atoms with Gasteiger partial charge in [-0.2, -0.15) is 4.98 Å². The molecule has 7 nitrogen and oxygen atoms in total. The number of nitrogens with zero attached hydrogens (tertiary/aromatic N) is 2. The van der Waals surface area contributed by atoms with Gasteiger partial charge in [-0.25, -0.2) is 14.2 Å². The first kappa shape index (κ1) is 23.3. The molecule has 3 N–H and O–H groups in total. The topological polar surface area (TPSA) is 96.4 Å². The van der Waals surface area contributed by atoms with Crippen molar-refractivity contribution in [2.24, 2.45) is 5.92 Å². The number of carboxylic acids is 1. The highest BCUT2D eigenvalue weighted by Gasteiger charge is 2.20. The van der Waals surface area contributed by atoms with Crippen LogP contribution in [0.2, 0.25) is 0 Å². The van der Waals surface area contributed by atoms with Gasteiger partial charge < -0.3 is 20.5 Å². The van der Waals surface area contributed by atoms with Gasteiger partial charge in [0, 0.05) is 16.6 Å². The first-order chi connectivity index (χ1) is 15.3. The van der Waals surface area contributed by atoms with E-state index >= 15 is 0 Å². The van der Waals surface area contributed by atoms with Crippen LogP contribution in [0.25, 0.3) is 0 Å². The van der Waals surface area contributed by atoms with Crippen molar-refractivity contribution in [2.75, 3.05) is 17.7 Å². The second-order valence-electron chi connectivity index (χ2n) is 7.49. The summed E-state index contributed by atoms with van der Waals surface area (Å²) in [5.41, 5.74) is 0.520. The average molecular weight is 457 g/mol. The monoisotopic (exact) mass is 456 g/mol. The quantitative estimate of drug-likeness (QED) is 0.348. The summed E-state index contributed by atoms with van der Waals surface area (Å²) in [6, 6.07) is 14.4. The predicted octanol–water partition coefficient (Wildman–Crippen LogP) is 5.43. The fraction of sp³-hybridized carbons (Fsp3) is 0.261. The van der Waals surface area contributed by atoms with Gasteiger partial charge in [0.05, 0.1) is 7.11 Å². The van der Waals surface area contributed by atoms with Crippen molar-refractivity contribution in [1.29, 1.82) is 0 Å². The molecule has 32 heavy (non-hydrogen) atoms. The molecule has 0 bridgehead atoms. The van der Waals surface area contributed by atoms with Gasteiger partial charge in [-0.3, -0.25) is 0 Å². The van der Waals surface area contributed by atoms with Crippen LogP contribution < -0.4 is 15.4 Å². The van der Waals surface area contributed by atoms with E-state index in [0.717, 1.165) is 10.6 Å². The Hall–Kier alpha value is -3.33. The zero-order chi connectivity index (χ0) is 23.1. The Bertz CT molecular complexity index is 1060. The Kier molecular flexibility index (Phi) is 7.88. The minimum absolute atomic E-state index is 0.172. The van der Waals surface area contributed by atoms with E-state index in [4.69, 9.17) is 4.74 Å². The van der Waals surface area contributed by atoms with Crippen molar-refractivity contribution in [1.82, 2.24) is 9.97 Å². The average Bonchev–Trinajstić information content (AvgIpc) is 2.73. The van der Waals surface area contributed by atoms with Crippen molar-refractivity contribution >= 4 is 35.2 Å². The normalized spacial score (nSPS) is 11.8. The maximum atomic E-state index is 13.6. The van der Waals surface area contributed by atoms with E-state index < -0.39 is 12.0 Å². The van der Waals surface area contributed by atoms with Crippen LogP contribution in [0.15, 0.2) is 64.5 Å². The lowest BCUT2D eigenvalue weighted by molar-refractivity contribution is -0.138. The molecule has 0 amide bonds. The van der Waals surface area contributed by atoms with Gasteiger partial charge in [-0.1, -0.05) is 31.7 Å². The summed E-state index contributed by atoms with van der Waals surface area (Å²) >= 11 is 1.39. The summed E-state index contributed by atoms with van der Waals surface area (Å²) in [5.74, 6) is 0.151. The fourth-order valence-electron chi connectivity index (χ4n) is 2.93. The molecule has 2 aromatic carbocycles. The number of hydrogen-bond acceptors (Lipinski definition) is 7. The third kappa shape index (κ3) is 6.84. The molecule has 9 heteroatoms. The lowest BCUT2D eigenvalue weighted by Crippen LogP contribution is -2.31. The second-order valence-corrected chi connectivity index (χ2v) is 8.59. The van der Waals surface area contributed by atoms with Gasteiger partial charge in [-0.05, 0) is 54.8 Å². The summed E-state index contributed by atoms with van der Waals surface area (Å²) < 4.78 is 18.8. The van der Waals surface area contributed by atoms with Crippen LogP contribution in [-0.2, 0) is 4.79 Å². The van der Waals surface area contributed by atoms with Crippen LogP contribution in [0, 0.1) is 11.7 Å². The van der Waals surface area contributed by atoms with E-state index in [-0.39, 0.29) is 17.7 Å². The van der Waals surface area contributed by atoms with Crippen molar-refractivity contribution in [2.45, 2.75) is 36.2 Å². The Balaban J connectivity index is 1.91. The fourth-order valence-corrected chi connectivity index (χ4v) is 3.75. The molecule has 0 unspecified atom stereocenters. The summed E-state index contributed by atoms with van der Waals surface area (Å²) in [4.78, 5) is 21.5. The van der Waals surface area contributed by atoms with Crippen molar-refractivity contribution < 1.29 is 19.0 Å². The van der Waals surface area contributed by atoms with E-state index in [0.29, 0.717) is 23.0 Å². The molecule has 0 saturated heterocycles. The van der Waals surface area contributed by atoms with E-state index in [2.05, 4.69) is 20.6 Å². The summed E-state index contributed by atoms with van der Waals surface area (Å²) in [6.07, 6.45) is 0.418. The third-order valence-electron chi connectivity index (χ3n) is 4.39. The molecule has 3 rings (SSSR count). The minimum atomic E-state index is -0.977. The Morgan fingerprint density at radius 3 is 2.53 bits per heavy atom. The third-order valence-corrected chi connectivity index (χ3v) is 5.32. The van der Waals surface area contributed by atoms with Crippen molar-refractivity contribution in [3.8, 4) is 5.75 Å². The highest BCUT2D eigenvalue weighted by atomic mass is 32.2. The molecular formula is C23H25FN4O3S. The second kappa shape index (κ2) is 10.8. The number of aliphatic carboxylic acids is 1. The molecular weight excluding hydrogens is 431 g/mol. The SMILES string of the molecule is COc1ccc(Sc2cc(Nc3cccc(F)c3)nc(N[C@@H](CC(C)C)C(=O)O)n2)cc1. The van der Waals surface area contributed by atoms with Gasteiger partial charge in [0.1, 0.15) is 28.5 Å². The zero-order valence-corrected chi connectivity index (χ0v) is 18.8. The molecule has 0 aliphatic rings. The molecule has 0 fully saturated rings. The number of ether oxygens (including phenoxy) is 1. The largest absolute Gasteiger partial charge is 0.497 e. The lowest BCUT2D eigenvalue weighted by Gasteiger charge is -2.17. The number of nitrogens with one attached hydrogen (secondary N) is 2. The van der Waals surface area contributed by atoms with Gasteiger partial charge in [0.25, 0.3) is 0 Å². The van der Waals surface area contributed by atoms with Crippen LogP contribution in [0.5, 0.6) is 5.75 Å². The highest BCUT2D eigenvalue weighted by Crippen LogP contribution is 2.30. The number of carboxylic acid groups (broad SMARTS) is 1.